The molecular weight excluding hydrogens is 913 g/mol. The molecule has 6 heteroatoms. The molecule has 0 aliphatic carbocycles. The van der Waals surface area contributed by atoms with Crippen molar-refractivity contribution in [1.82, 2.24) is 0 Å². The number of carbonyl (C=O) groups excluding carboxylic acids is 3. The molecule has 0 aromatic carbocycles. The molecule has 1 atom stereocenters. The van der Waals surface area contributed by atoms with Crippen molar-refractivity contribution in [3.8, 4) is 0 Å². The topological polar surface area (TPSA) is 78.9 Å². The van der Waals surface area contributed by atoms with Gasteiger partial charge in [-0.05, 0) is 83.5 Å². The summed E-state index contributed by atoms with van der Waals surface area (Å²) in [5.74, 6) is -0.974. The van der Waals surface area contributed by atoms with Crippen LogP contribution in [0.25, 0.3) is 0 Å². The highest BCUT2D eigenvalue weighted by atomic mass is 16.6. The molecule has 0 N–H and O–H groups in total. The van der Waals surface area contributed by atoms with E-state index in [2.05, 4.69) is 99.8 Å². The van der Waals surface area contributed by atoms with Gasteiger partial charge in [-0.25, -0.2) is 0 Å². The summed E-state index contributed by atoms with van der Waals surface area (Å²) in [6.45, 7) is 6.50. The number of hydrogen-bond acceptors (Lipinski definition) is 6. The highest BCUT2D eigenvalue weighted by molar-refractivity contribution is 5.71. The first-order chi connectivity index (χ1) is 36.5. The SMILES string of the molecule is CC/C=C\C/C=C\C/C=C\C/C=C\C/C=C\C/C=C\CCC(=O)OC[C@@H](COC(=O)CCCCCCCCCCCCCCCCCCCC)OC(=O)CCCCCCCCCCC/C=C\CCCCCCCC. The first kappa shape index (κ1) is 70.6. The number of esters is 3. The second kappa shape index (κ2) is 62.1. The molecule has 0 heterocycles. The second-order valence-electron chi connectivity index (χ2n) is 20.9. The minimum absolute atomic E-state index is 0.0977. The highest BCUT2D eigenvalue weighted by Crippen LogP contribution is 2.17. The number of unbranched alkanes of at least 4 members (excludes halogenated alkanes) is 32. The van der Waals surface area contributed by atoms with E-state index in [-0.39, 0.29) is 37.5 Å². The monoisotopic (exact) mass is 1030 g/mol. The van der Waals surface area contributed by atoms with Crippen molar-refractivity contribution in [2.24, 2.45) is 0 Å². The molecule has 0 radical (unpaired) electrons. The third kappa shape index (κ3) is 59.5. The average Bonchev–Trinajstić information content (AvgIpc) is 3.40. The highest BCUT2D eigenvalue weighted by Gasteiger charge is 2.19. The van der Waals surface area contributed by atoms with Crippen molar-refractivity contribution in [1.29, 1.82) is 0 Å². The Morgan fingerprint density at radius 1 is 0.284 bits per heavy atom. The summed E-state index contributed by atoms with van der Waals surface area (Å²) in [6, 6.07) is 0. The van der Waals surface area contributed by atoms with Gasteiger partial charge in [0, 0.05) is 19.3 Å². The third-order valence-corrected chi connectivity index (χ3v) is 13.6. The Hall–Kier alpha value is -3.41. The molecule has 0 rings (SSSR count). The van der Waals surface area contributed by atoms with Crippen LogP contribution in [0.3, 0.4) is 0 Å². The Morgan fingerprint density at radius 3 is 0.905 bits per heavy atom. The van der Waals surface area contributed by atoms with E-state index in [1.165, 1.54) is 186 Å². The first-order valence-corrected chi connectivity index (χ1v) is 31.6. The van der Waals surface area contributed by atoms with Crippen molar-refractivity contribution in [2.75, 3.05) is 13.2 Å². The smallest absolute Gasteiger partial charge is 0.306 e. The first-order valence-electron chi connectivity index (χ1n) is 31.6. The van der Waals surface area contributed by atoms with Gasteiger partial charge in [0.2, 0.25) is 0 Å². The van der Waals surface area contributed by atoms with E-state index >= 15 is 0 Å². The molecule has 0 aromatic rings. The van der Waals surface area contributed by atoms with E-state index in [4.69, 9.17) is 14.2 Å². The Kier molecular flexibility index (Phi) is 59.3. The molecule has 6 nitrogen and oxygen atoms in total. The summed E-state index contributed by atoms with van der Waals surface area (Å²) in [7, 11) is 0. The maximum atomic E-state index is 12.9. The van der Waals surface area contributed by atoms with Crippen molar-refractivity contribution in [2.45, 2.75) is 316 Å². The molecule has 0 saturated heterocycles. The van der Waals surface area contributed by atoms with Gasteiger partial charge in [0.1, 0.15) is 13.2 Å². The summed E-state index contributed by atoms with van der Waals surface area (Å²) in [5.41, 5.74) is 0. The van der Waals surface area contributed by atoms with Gasteiger partial charge in [0.05, 0.1) is 0 Å². The fraction of sp³-hybridized carbons (Fsp3) is 0.750. The van der Waals surface area contributed by atoms with Crippen LogP contribution in [0, 0.1) is 0 Å². The maximum Gasteiger partial charge on any atom is 0.306 e. The summed E-state index contributed by atoms with van der Waals surface area (Å²) < 4.78 is 16.9. The minimum Gasteiger partial charge on any atom is -0.462 e. The number of carbonyl (C=O) groups is 3. The minimum atomic E-state index is -0.808. The largest absolute Gasteiger partial charge is 0.462 e. The van der Waals surface area contributed by atoms with Crippen LogP contribution < -0.4 is 0 Å². The quantitative estimate of drug-likeness (QED) is 0.0261. The van der Waals surface area contributed by atoms with E-state index < -0.39 is 6.10 Å². The lowest BCUT2D eigenvalue weighted by molar-refractivity contribution is -0.166. The number of hydrogen-bond donors (Lipinski definition) is 0. The fourth-order valence-electron chi connectivity index (χ4n) is 8.94. The molecule has 0 fully saturated rings. The van der Waals surface area contributed by atoms with Gasteiger partial charge in [-0.3, -0.25) is 14.4 Å². The molecule has 0 saturated carbocycles. The average molecular weight is 1030 g/mol. The van der Waals surface area contributed by atoms with Crippen molar-refractivity contribution in [3.63, 3.8) is 0 Å². The van der Waals surface area contributed by atoms with Crippen LogP contribution in [0.4, 0.5) is 0 Å². The van der Waals surface area contributed by atoms with Gasteiger partial charge in [0.15, 0.2) is 6.10 Å². The summed E-state index contributed by atoms with van der Waals surface area (Å²) in [5, 5.41) is 0. The molecule has 0 aliphatic rings. The standard InChI is InChI=1S/C68H118O6/c1-4-7-10-13-16-19-22-25-28-31-34-37-40-43-46-49-52-55-58-61-67(70)73-64-65(63-72-66(69)60-57-54-51-48-45-42-39-36-33-30-27-24-21-18-15-12-9-6-3)74-68(71)62-59-56-53-50-47-44-41-38-35-32-29-26-23-20-17-14-11-8-5-2/h7,10,16,19,25-26,28-29,34,37,43,46,52,55,65H,4-6,8-9,11-15,17-18,20-24,27,30-33,35-36,38-42,44-45,47-51,53-54,56-64H2,1-3H3/b10-7-,19-16-,28-25-,29-26-,37-34-,46-43-,55-52-/t65-/m1/s1. The van der Waals surface area contributed by atoms with Crippen LogP contribution >= 0.6 is 0 Å². The van der Waals surface area contributed by atoms with Crippen LogP contribution in [0.1, 0.15) is 310 Å². The van der Waals surface area contributed by atoms with Gasteiger partial charge in [0.25, 0.3) is 0 Å². The van der Waals surface area contributed by atoms with E-state index in [0.29, 0.717) is 19.3 Å². The summed E-state index contributed by atoms with van der Waals surface area (Å²) in [6.07, 6.45) is 81.7. The zero-order valence-corrected chi connectivity index (χ0v) is 48.8. The lowest BCUT2D eigenvalue weighted by atomic mass is 10.0. The van der Waals surface area contributed by atoms with Crippen molar-refractivity contribution >= 4 is 17.9 Å². The molecule has 0 aromatic heterocycles. The predicted octanol–water partition coefficient (Wildman–Crippen LogP) is 21.5. The van der Waals surface area contributed by atoms with E-state index in [0.717, 1.165) is 77.0 Å². The van der Waals surface area contributed by atoms with Crippen molar-refractivity contribution in [3.05, 3.63) is 85.1 Å². The number of allylic oxidation sites excluding steroid dienone is 14. The predicted molar refractivity (Wildman–Crippen MR) is 321 cm³/mol. The molecular formula is C68H118O6. The Morgan fingerprint density at radius 2 is 0.554 bits per heavy atom. The van der Waals surface area contributed by atoms with E-state index in [9.17, 15) is 14.4 Å². The van der Waals surface area contributed by atoms with Crippen LogP contribution in [0.5, 0.6) is 0 Å². The van der Waals surface area contributed by atoms with Gasteiger partial charge in [-0.2, -0.15) is 0 Å². The molecule has 74 heavy (non-hydrogen) atoms. The zero-order valence-electron chi connectivity index (χ0n) is 48.8. The lowest BCUT2D eigenvalue weighted by Gasteiger charge is -2.18. The summed E-state index contributed by atoms with van der Waals surface area (Å²) in [4.78, 5) is 38.3. The van der Waals surface area contributed by atoms with Gasteiger partial charge in [-0.15, -0.1) is 0 Å². The van der Waals surface area contributed by atoms with Crippen LogP contribution in [0.15, 0.2) is 85.1 Å². The van der Waals surface area contributed by atoms with E-state index in [1.807, 2.05) is 6.08 Å². The number of rotatable bonds is 57. The molecule has 0 aliphatic heterocycles. The normalized spacial score (nSPS) is 12.6. The molecule has 0 unspecified atom stereocenters. The number of ether oxygens (including phenoxy) is 3. The molecule has 0 spiro atoms. The van der Waals surface area contributed by atoms with Gasteiger partial charge in [-0.1, -0.05) is 292 Å². The zero-order chi connectivity index (χ0) is 53.6. The molecule has 426 valence electrons. The van der Waals surface area contributed by atoms with Crippen LogP contribution in [-0.2, 0) is 28.6 Å². The third-order valence-electron chi connectivity index (χ3n) is 13.6. The summed E-state index contributed by atoms with van der Waals surface area (Å²) >= 11 is 0. The van der Waals surface area contributed by atoms with E-state index in [1.54, 1.807) is 0 Å². The second-order valence-corrected chi connectivity index (χ2v) is 20.9. The Balaban J connectivity index is 4.46. The van der Waals surface area contributed by atoms with Gasteiger partial charge >= 0.3 is 17.9 Å². The Bertz CT molecular complexity index is 1420. The van der Waals surface area contributed by atoms with Crippen LogP contribution in [-0.4, -0.2) is 37.2 Å². The fourth-order valence-corrected chi connectivity index (χ4v) is 8.94. The lowest BCUT2D eigenvalue weighted by Crippen LogP contribution is -2.30. The van der Waals surface area contributed by atoms with Gasteiger partial charge < -0.3 is 14.2 Å². The molecule has 0 amide bonds. The van der Waals surface area contributed by atoms with Crippen molar-refractivity contribution < 1.29 is 28.6 Å². The maximum absolute atomic E-state index is 12.9. The Labute approximate surface area is 458 Å². The molecule has 0 bridgehead atoms. The van der Waals surface area contributed by atoms with Crippen LogP contribution in [0.2, 0.25) is 0 Å².